The molecule has 0 aliphatic carbocycles. The smallest absolute Gasteiger partial charge is 0.238 e. The van der Waals surface area contributed by atoms with Crippen LogP contribution < -0.4 is 5.73 Å². The molecule has 8 nitrogen and oxygen atoms in total. The Morgan fingerprint density at radius 2 is 1.64 bits per heavy atom. The lowest BCUT2D eigenvalue weighted by atomic mass is 10.1. The van der Waals surface area contributed by atoms with E-state index in [-0.39, 0.29) is 18.0 Å². The molecule has 1 saturated heterocycles. The molecule has 0 radical (unpaired) electrons. The molecular formula is C18H17F6N5O3S. The van der Waals surface area contributed by atoms with Crippen molar-refractivity contribution in [3.63, 3.8) is 0 Å². The van der Waals surface area contributed by atoms with Gasteiger partial charge in [-0.3, -0.25) is 0 Å². The number of hydrogen-bond acceptors (Lipinski definition) is 6. The van der Waals surface area contributed by atoms with Crippen LogP contribution in [0, 0.1) is 34.9 Å². The number of nitrogens with two attached hydrogens (primary N) is 1. The number of sulfonamides is 1. The van der Waals surface area contributed by atoms with Crippen LogP contribution in [0.15, 0.2) is 12.3 Å². The molecule has 3 N–H and O–H groups in total. The monoisotopic (exact) mass is 497 g/mol. The summed E-state index contributed by atoms with van der Waals surface area (Å²) in [5, 5.41) is 12.6. The van der Waals surface area contributed by atoms with E-state index in [1.807, 2.05) is 0 Å². The molecule has 0 saturated carbocycles. The van der Waals surface area contributed by atoms with E-state index in [2.05, 4.69) is 10.1 Å². The lowest BCUT2D eigenvalue weighted by Gasteiger charge is -2.27. The Balaban J connectivity index is 0.000000235. The number of aliphatic hydroxyl groups excluding tert-OH is 1. The van der Waals surface area contributed by atoms with E-state index in [9.17, 15) is 34.8 Å². The highest BCUT2D eigenvalue weighted by atomic mass is 32.2. The van der Waals surface area contributed by atoms with Gasteiger partial charge in [-0.1, -0.05) is 0 Å². The average Bonchev–Trinajstić information content (AvgIpc) is 3.06. The van der Waals surface area contributed by atoms with Gasteiger partial charge in [0.2, 0.25) is 21.8 Å². The van der Waals surface area contributed by atoms with Crippen LogP contribution in [0.25, 0.3) is 16.8 Å². The van der Waals surface area contributed by atoms with Crippen molar-refractivity contribution >= 4 is 21.5 Å². The molecule has 33 heavy (non-hydrogen) atoms. The number of benzene rings is 1. The maximum absolute atomic E-state index is 13.8. The van der Waals surface area contributed by atoms with Crippen molar-refractivity contribution < 1.29 is 39.9 Å². The number of nitrogens with zero attached hydrogens (tertiary/aromatic N) is 4. The molecule has 0 amide bonds. The number of anilines is 1. The summed E-state index contributed by atoms with van der Waals surface area (Å²) in [6, 6.07) is 0.571. The maximum atomic E-state index is 13.8. The first-order valence-corrected chi connectivity index (χ1v) is 11.1. The fourth-order valence-corrected chi connectivity index (χ4v) is 4.10. The zero-order chi connectivity index (χ0) is 24.7. The van der Waals surface area contributed by atoms with Crippen LogP contribution in [0.3, 0.4) is 0 Å². The van der Waals surface area contributed by atoms with Crippen LogP contribution in [0.1, 0.15) is 12.8 Å². The minimum Gasteiger partial charge on any atom is -0.392 e. The van der Waals surface area contributed by atoms with E-state index in [1.54, 1.807) is 0 Å². The minimum absolute atomic E-state index is 0.263. The van der Waals surface area contributed by atoms with Gasteiger partial charge in [0, 0.05) is 19.2 Å². The minimum atomic E-state index is -3.09. The Labute approximate surface area is 183 Å². The summed E-state index contributed by atoms with van der Waals surface area (Å²) >= 11 is 0. The molecule has 1 aliphatic rings. The van der Waals surface area contributed by atoms with Gasteiger partial charge in [-0.25, -0.2) is 44.3 Å². The van der Waals surface area contributed by atoms with Crippen molar-refractivity contribution in [2.24, 2.45) is 0 Å². The number of nitrogen functional groups attached to an aromatic ring is 1. The molecule has 180 valence electrons. The van der Waals surface area contributed by atoms with Crippen LogP contribution in [0.2, 0.25) is 0 Å². The molecule has 4 rings (SSSR count). The number of piperidine rings is 1. The summed E-state index contributed by atoms with van der Waals surface area (Å²) in [5.74, 6) is -12.2. The third kappa shape index (κ3) is 4.89. The van der Waals surface area contributed by atoms with Crippen LogP contribution in [0.5, 0.6) is 0 Å². The molecule has 1 atom stereocenters. The SMILES string of the molecule is CS(=O)(=O)N1CCCC(O)C1.Nc1ncc2c(F)cc(-c3c(F)c(F)c(F)c(F)c3F)n2n1. The number of β-amino-alcohol motifs (C(OH)–C–C–N with tert-alkyl or cyclic N) is 1. The van der Waals surface area contributed by atoms with Gasteiger partial charge in [-0.05, 0) is 12.8 Å². The fraction of sp³-hybridized carbons (Fsp3) is 0.333. The summed E-state index contributed by atoms with van der Waals surface area (Å²) in [5.41, 5.74) is 2.94. The molecule has 3 heterocycles. The second-order valence-corrected chi connectivity index (χ2v) is 9.14. The second-order valence-electron chi connectivity index (χ2n) is 7.15. The lowest BCUT2D eigenvalue weighted by Crippen LogP contribution is -2.41. The number of aliphatic hydroxyl groups is 1. The van der Waals surface area contributed by atoms with Crippen LogP contribution in [-0.2, 0) is 10.0 Å². The Hall–Kier alpha value is -2.91. The van der Waals surface area contributed by atoms with E-state index in [0.29, 0.717) is 23.5 Å². The first-order valence-electron chi connectivity index (χ1n) is 9.27. The van der Waals surface area contributed by atoms with Crippen molar-refractivity contribution in [1.82, 2.24) is 18.9 Å². The number of hydrogen-bond donors (Lipinski definition) is 2. The molecule has 15 heteroatoms. The van der Waals surface area contributed by atoms with Gasteiger partial charge in [-0.2, -0.15) is 4.31 Å². The molecular weight excluding hydrogens is 480 g/mol. The summed E-state index contributed by atoms with van der Waals surface area (Å²) in [6.07, 6.45) is 3.08. The molecule has 2 aromatic heterocycles. The summed E-state index contributed by atoms with van der Waals surface area (Å²) in [7, 11) is -3.09. The predicted octanol–water partition coefficient (Wildman–Crippen LogP) is 2.22. The van der Waals surface area contributed by atoms with Crippen molar-refractivity contribution in [3.05, 3.63) is 47.2 Å². The highest BCUT2D eigenvalue weighted by Gasteiger charge is 2.29. The normalized spacial score (nSPS) is 17.2. The van der Waals surface area contributed by atoms with Crippen LogP contribution in [0.4, 0.5) is 32.3 Å². The molecule has 1 aromatic carbocycles. The first kappa shape index (κ1) is 24.7. The second kappa shape index (κ2) is 9.15. The van der Waals surface area contributed by atoms with E-state index < -0.39 is 62.3 Å². The highest BCUT2D eigenvalue weighted by molar-refractivity contribution is 7.88. The fourth-order valence-electron chi connectivity index (χ4n) is 3.20. The molecule has 1 unspecified atom stereocenters. The quantitative estimate of drug-likeness (QED) is 0.319. The standard InChI is InChI=1S/C12H4F6N4.C6H13NO3S/c13-3-1-4(22-5(3)2-20-12(19)21-22)6-7(14)9(16)11(18)10(17)8(6)15;1-11(9,10)7-4-2-3-6(8)5-7/h1-2H,(H2,19,21);6,8H,2-5H2,1H3. The first-order chi connectivity index (χ1) is 15.3. The topological polar surface area (TPSA) is 114 Å². The number of fused-ring (bicyclic) bond motifs is 1. The largest absolute Gasteiger partial charge is 0.392 e. The van der Waals surface area contributed by atoms with Gasteiger partial charge in [0.15, 0.2) is 29.1 Å². The molecule has 0 spiro atoms. The van der Waals surface area contributed by atoms with Crippen molar-refractivity contribution in [3.8, 4) is 11.3 Å². The zero-order valence-corrected chi connectivity index (χ0v) is 17.7. The summed E-state index contributed by atoms with van der Waals surface area (Å²) in [4.78, 5) is 3.48. The van der Waals surface area contributed by atoms with Crippen LogP contribution in [-0.4, -0.2) is 57.9 Å². The number of rotatable bonds is 2. The van der Waals surface area contributed by atoms with Gasteiger partial charge in [0.25, 0.3) is 0 Å². The zero-order valence-electron chi connectivity index (χ0n) is 16.9. The molecule has 0 bridgehead atoms. The van der Waals surface area contributed by atoms with Gasteiger partial charge < -0.3 is 10.8 Å². The Kier molecular flexibility index (Phi) is 6.85. The predicted molar refractivity (Wildman–Crippen MR) is 104 cm³/mol. The summed E-state index contributed by atoms with van der Waals surface area (Å²) in [6.45, 7) is 0.814. The van der Waals surface area contributed by atoms with Crippen molar-refractivity contribution in [2.45, 2.75) is 18.9 Å². The van der Waals surface area contributed by atoms with Crippen molar-refractivity contribution in [1.29, 1.82) is 0 Å². The average molecular weight is 497 g/mol. The van der Waals surface area contributed by atoms with E-state index in [1.165, 1.54) is 10.6 Å². The Morgan fingerprint density at radius 1 is 1.06 bits per heavy atom. The van der Waals surface area contributed by atoms with Crippen molar-refractivity contribution in [2.75, 3.05) is 25.1 Å². The Morgan fingerprint density at radius 3 is 2.15 bits per heavy atom. The number of aromatic nitrogens is 3. The molecule has 1 fully saturated rings. The van der Waals surface area contributed by atoms with Crippen LogP contribution >= 0.6 is 0 Å². The van der Waals surface area contributed by atoms with Gasteiger partial charge in [0.05, 0.1) is 29.8 Å². The van der Waals surface area contributed by atoms with Gasteiger partial charge in [0.1, 0.15) is 5.52 Å². The third-order valence-electron chi connectivity index (χ3n) is 4.78. The van der Waals surface area contributed by atoms with E-state index in [4.69, 9.17) is 10.8 Å². The number of halogens is 6. The summed E-state index contributed by atoms with van der Waals surface area (Å²) < 4.78 is 105. The third-order valence-corrected chi connectivity index (χ3v) is 6.05. The van der Waals surface area contributed by atoms with Gasteiger partial charge in [-0.15, -0.1) is 5.10 Å². The maximum Gasteiger partial charge on any atom is 0.238 e. The highest BCUT2D eigenvalue weighted by Crippen LogP contribution is 2.33. The van der Waals surface area contributed by atoms with E-state index in [0.717, 1.165) is 12.6 Å². The molecule has 1 aliphatic heterocycles. The van der Waals surface area contributed by atoms with Gasteiger partial charge >= 0.3 is 0 Å². The molecule has 3 aromatic rings. The van der Waals surface area contributed by atoms with E-state index >= 15 is 0 Å². The lowest BCUT2D eigenvalue weighted by molar-refractivity contribution is 0.108. The Bertz CT molecular complexity index is 1290.